The third-order valence-corrected chi connectivity index (χ3v) is 4.10. The molecule has 1 aromatic rings. The average molecular weight is 491 g/mol. The van der Waals surface area contributed by atoms with Gasteiger partial charge in [0, 0.05) is 26.7 Å². The summed E-state index contributed by atoms with van der Waals surface area (Å²) in [5.41, 5.74) is 2.41. The Morgan fingerprint density at radius 3 is 2.37 bits per heavy atom. The van der Waals surface area contributed by atoms with Crippen LogP contribution in [0.5, 0.6) is 0 Å². The molecule has 0 radical (unpaired) electrons. The van der Waals surface area contributed by atoms with Crippen LogP contribution in [0.25, 0.3) is 0 Å². The van der Waals surface area contributed by atoms with Crippen LogP contribution in [0.4, 0.5) is 0 Å². The van der Waals surface area contributed by atoms with E-state index in [1.165, 1.54) is 11.1 Å². The van der Waals surface area contributed by atoms with Crippen LogP contribution in [0.3, 0.4) is 0 Å². The molecule has 0 saturated heterocycles. The van der Waals surface area contributed by atoms with Crippen LogP contribution < -0.4 is 10.6 Å². The molecular formula is C21H38IN3O2. The van der Waals surface area contributed by atoms with Crippen molar-refractivity contribution in [3.05, 3.63) is 35.4 Å². The maximum absolute atomic E-state index is 5.79. The summed E-state index contributed by atoms with van der Waals surface area (Å²) in [7, 11) is 1.80. The van der Waals surface area contributed by atoms with Gasteiger partial charge >= 0.3 is 0 Å². The van der Waals surface area contributed by atoms with Gasteiger partial charge in [0.25, 0.3) is 0 Å². The topological polar surface area (TPSA) is 54.9 Å². The molecule has 0 fully saturated rings. The molecule has 1 atom stereocenters. The van der Waals surface area contributed by atoms with Gasteiger partial charge in [0.1, 0.15) is 0 Å². The number of nitrogens with one attached hydrogen (secondary N) is 2. The number of benzene rings is 1. The molecule has 156 valence electrons. The molecule has 0 bridgehead atoms. The predicted octanol–water partition coefficient (Wildman–Crippen LogP) is 4.35. The van der Waals surface area contributed by atoms with Crippen molar-refractivity contribution in [2.24, 2.45) is 10.9 Å². The van der Waals surface area contributed by atoms with E-state index in [1.54, 1.807) is 7.05 Å². The molecule has 0 heterocycles. The first-order valence-electron chi connectivity index (χ1n) is 9.71. The van der Waals surface area contributed by atoms with Crippen molar-refractivity contribution in [3.8, 4) is 0 Å². The molecule has 0 aliphatic carbocycles. The Labute approximate surface area is 182 Å². The lowest BCUT2D eigenvalue weighted by Crippen LogP contribution is -2.38. The number of hydrogen-bond donors (Lipinski definition) is 2. The van der Waals surface area contributed by atoms with Gasteiger partial charge < -0.3 is 20.1 Å². The highest BCUT2D eigenvalue weighted by molar-refractivity contribution is 14.0. The molecule has 5 nitrogen and oxygen atoms in total. The fourth-order valence-electron chi connectivity index (χ4n) is 2.65. The summed E-state index contributed by atoms with van der Waals surface area (Å²) in [6.07, 6.45) is 1.49. The molecule has 1 aromatic carbocycles. The van der Waals surface area contributed by atoms with Gasteiger partial charge in [-0.1, -0.05) is 38.1 Å². The molecule has 0 spiro atoms. The van der Waals surface area contributed by atoms with Gasteiger partial charge in [-0.3, -0.25) is 4.99 Å². The van der Waals surface area contributed by atoms with Gasteiger partial charge in [0.15, 0.2) is 5.96 Å². The Kier molecular flexibility index (Phi) is 14.6. The summed E-state index contributed by atoms with van der Waals surface area (Å²) >= 11 is 0. The Hall–Kier alpha value is -0.860. The van der Waals surface area contributed by atoms with E-state index in [9.17, 15) is 0 Å². The molecule has 27 heavy (non-hydrogen) atoms. The first-order chi connectivity index (χ1) is 12.5. The Bertz CT molecular complexity index is 536. The van der Waals surface area contributed by atoms with E-state index in [0.717, 1.165) is 32.1 Å². The fourth-order valence-corrected chi connectivity index (χ4v) is 2.65. The summed E-state index contributed by atoms with van der Waals surface area (Å²) in [5.74, 6) is 1.33. The zero-order valence-electron chi connectivity index (χ0n) is 17.7. The number of rotatable bonds is 11. The minimum Gasteiger partial charge on any atom is -0.378 e. The van der Waals surface area contributed by atoms with Crippen LogP contribution in [0, 0.1) is 5.92 Å². The van der Waals surface area contributed by atoms with Crippen LogP contribution in [-0.4, -0.2) is 38.4 Å². The fraction of sp³-hybridized carbons (Fsp3) is 0.667. The molecule has 0 aromatic heterocycles. The molecule has 0 aliphatic rings. The van der Waals surface area contributed by atoms with Gasteiger partial charge in [0.2, 0.25) is 0 Å². The third-order valence-electron chi connectivity index (χ3n) is 4.10. The number of nitrogens with zero attached hydrogens (tertiary/aromatic N) is 1. The molecule has 1 rings (SSSR count). The minimum absolute atomic E-state index is 0. The van der Waals surface area contributed by atoms with E-state index in [-0.39, 0.29) is 36.2 Å². The summed E-state index contributed by atoms with van der Waals surface area (Å²) in [6, 6.07) is 8.45. The second kappa shape index (κ2) is 15.1. The van der Waals surface area contributed by atoms with Crippen molar-refractivity contribution < 1.29 is 9.47 Å². The summed E-state index contributed by atoms with van der Waals surface area (Å²) in [6.45, 7) is 13.5. The van der Waals surface area contributed by atoms with Crippen LogP contribution in [-0.2, 0) is 22.6 Å². The van der Waals surface area contributed by atoms with Crippen LogP contribution >= 0.6 is 24.0 Å². The molecule has 2 N–H and O–H groups in total. The number of aliphatic imine (C=N–C) groups is 1. The first kappa shape index (κ1) is 26.1. The smallest absolute Gasteiger partial charge is 0.191 e. The van der Waals surface area contributed by atoms with Gasteiger partial charge in [0.05, 0.1) is 18.8 Å². The molecular weight excluding hydrogens is 453 g/mol. The number of ether oxygens (including phenoxy) is 2. The van der Waals surface area contributed by atoms with E-state index >= 15 is 0 Å². The highest BCUT2D eigenvalue weighted by Crippen LogP contribution is 2.10. The zero-order valence-corrected chi connectivity index (χ0v) is 20.1. The summed E-state index contributed by atoms with van der Waals surface area (Å²) in [5, 5.41) is 6.74. The quantitative estimate of drug-likeness (QED) is 0.275. The normalized spacial score (nSPS) is 12.8. The number of hydrogen-bond acceptors (Lipinski definition) is 3. The van der Waals surface area contributed by atoms with Crippen LogP contribution in [0.2, 0.25) is 0 Å². The lowest BCUT2D eigenvalue weighted by atomic mass is 10.0. The second-order valence-corrected chi connectivity index (χ2v) is 7.06. The molecule has 0 aliphatic heterocycles. The summed E-state index contributed by atoms with van der Waals surface area (Å²) in [4.78, 5) is 4.30. The van der Waals surface area contributed by atoms with E-state index in [1.807, 2.05) is 6.92 Å². The Balaban J connectivity index is 0.00000676. The van der Waals surface area contributed by atoms with E-state index < -0.39 is 0 Å². The third kappa shape index (κ3) is 11.5. The SMILES string of the molecule is CCOC(CCNC(=NC)NCc1cccc(COC(C)C)c1)C(C)C.I. The molecule has 6 heteroatoms. The number of halogens is 1. The van der Waals surface area contributed by atoms with E-state index in [2.05, 4.69) is 67.6 Å². The zero-order chi connectivity index (χ0) is 19.4. The second-order valence-electron chi connectivity index (χ2n) is 7.06. The van der Waals surface area contributed by atoms with E-state index in [0.29, 0.717) is 12.5 Å². The van der Waals surface area contributed by atoms with Crippen molar-refractivity contribution in [2.75, 3.05) is 20.2 Å². The van der Waals surface area contributed by atoms with Gasteiger partial charge in [-0.2, -0.15) is 0 Å². The van der Waals surface area contributed by atoms with Crippen molar-refractivity contribution in [1.82, 2.24) is 10.6 Å². The first-order valence-corrected chi connectivity index (χ1v) is 9.71. The van der Waals surface area contributed by atoms with Crippen molar-refractivity contribution in [1.29, 1.82) is 0 Å². The lowest BCUT2D eigenvalue weighted by Gasteiger charge is -2.21. The lowest BCUT2D eigenvalue weighted by molar-refractivity contribution is 0.0258. The maximum atomic E-state index is 5.79. The Morgan fingerprint density at radius 1 is 1.07 bits per heavy atom. The van der Waals surface area contributed by atoms with Gasteiger partial charge in [-0.25, -0.2) is 0 Å². The van der Waals surface area contributed by atoms with Gasteiger partial charge in [-0.05, 0) is 44.2 Å². The van der Waals surface area contributed by atoms with E-state index in [4.69, 9.17) is 9.47 Å². The standard InChI is InChI=1S/C21H37N3O2.HI/c1-7-25-20(16(2)3)11-12-23-21(22-6)24-14-18-9-8-10-19(13-18)15-26-17(4)5;/h8-10,13,16-17,20H,7,11-12,14-15H2,1-6H3,(H2,22,23,24);1H. The number of guanidine groups is 1. The molecule has 0 saturated carbocycles. The maximum Gasteiger partial charge on any atom is 0.191 e. The monoisotopic (exact) mass is 491 g/mol. The van der Waals surface area contributed by atoms with Crippen molar-refractivity contribution >= 4 is 29.9 Å². The van der Waals surface area contributed by atoms with Crippen molar-refractivity contribution in [2.45, 2.75) is 66.4 Å². The average Bonchev–Trinajstić information content (AvgIpc) is 2.62. The molecule has 1 unspecified atom stereocenters. The highest BCUT2D eigenvalue weighted by atomic mass is 127. The van der Waals surface area contributed by atoms with Crippen molar-refractivity contribution in [3.63, 3.8) is 0 Å². The summed E-state index contributed by atoms with van der Waals surface area (Å²) < 4.78 is 11.5. The predicted molar refractivity (Wildman–Crippen MR) is 125 cm³/mol. The van der Waals surface area contributed by atoms with Gasteiger partial charge in [-0.15, -0.1) is 24.0 Å². The minimum atomic E-state index is 0. The van der Waals surface area contributed by atoms with Crippen LogP contribution in [0.1, 0.15) is 52.2 Å². The Morgan fingerprint density at radius 2 is 1.78 bits per heavy atom. The van der Waals surface area contributed by atoms with Crippen LogP contribution in [0.15, 0.2) is 29.3 Å². The highest BCUT2D eigenvalue weighted by Gasteiger charge is 2.12. The largest absolute Gasteiger partial charge is 0.378 e. The molecule has 0 amide bonds.